The molecule has 5 nitrogen and oxygen atoms in total. The summed E-state index contributed by atoms with van der Waals surface area (Å²) >= 11 is 11.5. The van der Waals surface area contributed by atoms with Gasteiger partial charge in [0, 0.05) is 12.7 Å². The summed E-state index contributed by atoms with van der Waals surface area (Å²) in [6.45, 7) is 0.205. The van der Waals surface area contributed by atoms with Gasteiger partial charge in [0.05, 0.1) is 18.0 Å². The molecule has 22 heavy (non-hydrogen) atoms. The van der Waals surface area contributed by atoms with Crippen molar-refractivity contribution in [1.29, 1.82) is 0 Å². The molecule has 0 saturated carbocycles. The molecule has 1 N–H and O–H groups in total. The Bertz CT molecular complexity index is 706. The van der Waals surface area contributed by atoms with Crippen LogP contribution in [0.1, 0.15) is 12.8 Å². The van der Waals surface area contributed by atoms with Crippen LogP contribution in [0.15, 0.2) is 6.20 Å². The fourth-order valence-corrected chi connectivity index (χ4v) is 2.83. The number of hydrogen-bond acceptors (Lipinski definition) is 5. The zero-order valence-electron chi connectivity index (χ0n) is 11.3. The van der Waals surface area contributed by atoms with Crippen molar-refractivity contribution in [2.24, 2.45) is 0 Å². The summed E-state index contributed by atoms with van der Waals surface area (Å²) in [5, 5.41) is 9.65. The van der Waals surface area contributed by atoms with Gasteiger partial charge in [-0.3, -0.25) is 0 Å². The lowest BCUT2D eigenvalue weighted by Gasteiger charge is -2.25. The van der Waals surface area contributed by atoms with Gasteiger partial charge in [-0.1, -0.05) is 11.6 Å². The fourth-order valence-electron chi connectivity index (χ4n) is 2.53. The Morgan fingerprint density at radius 3 is 2.77 bits per heavy atom. The standard InChI is InChI=1S/C13H12Cl2F2N4O/c14-11-9(17)10-8(3-18-11)12(20-13(15)19-10)21-4-6(16)1-2-7(22)5-21/h3,6-7,22H,1-2,4-5H2. The van der Waals surface area contributed by atoms with Crippen molar-refractivity contribution in [3.05, 3.63) is 22.5 Å². The van der Waals surface area contributed by atoms with E-state index in [0.717, 1.165) is 0 Å². The van der Waals surface area contributed by atoms with Crippen molar-refractivity contribution in [1.82, 2.24) is 15.0 Å². The summed E-state index contributed by atoms with van der Waals surface area (Å²) in [6, 6.07) is 0. The molecule has 1 aliphatic heterocycles. The number of aliphatic hydroxyl groups is 1. The molecular formula is C13H12Cl2F2N4O. The lowest BCUT2D eigenvalue weighted by molar-refractivity contribution is 0.168. The lowest BCUT2D eigenvalue weighted by atomic mass is 10.2. The maximum atomic E-state index is 14.1. The van der Waals surface area contributed by atoms with Crippen LogP contribution >= 0.6 is 23.2 Å². The van der Waals surface area contributed by atoms with E-state index in [1.807, 2.05) is 0 Å². The molecule has 0 radical (unpaired) electrons. The second-order valence-corrected chi connectivity index (χ2v) is 5.87. The van der Waals surface area contributed by atoms with Crippen LogP contribution in [0.4, 0.5) is 14.6 Å². The van der Waals surface area contributed by atoms with Crippen molar-refractivity contribution >= 4 is 39.9 Å². The minimum absolute atomic E-state index is 0.0315. The van der Waals surface area contributed by atoms with E-state index in [-0.39, 0.29) is 46.7 Å². The predicted octanol–water partition coefficient (Wildman–Crippen LogP) is 2.77. The van der Waals surface area contributed by atoms with Crippen LogP contribution < -0.4 is 4.90 Å². The summed E-state index contributed by atoms with van der Waals surface area (Å²) in [6.07, 6.45) is 0.108. The first-order chi connectivity index (χ1) is 10.5. The molecule has 2 unspecified atom stereocenters. The molecular weight excluding hydrogens is 337 g/mol. The molecule has 3 heterocycles. The Kier molecular flexibility index (Phi) is 4.29. The highest BCUT2D eigenvalue weighted by Crippen LogP contribution is 2.30. The van der Waals surface area contributed by atoms with Crippen LogP contribution in [0.25, 0.3) is 10.9 Å². The van der Waals surface area contributed by atoms with Crippen LogP contribution in [-0.4, -0.2) is 45.4 Å². The van der Waals surface area contributed by atoms with Gasteiger partial charge in [0.2, 0.25) is 5.28 Å². The summed E-state index contributed by atoms with van der Waals surface area (Å²) < 4.78 is 27.9. The van der Waals surface area contributed by atoms with Gasteiger partial charge in [-0.2, -0.15) is 4.98 Å². The monoisotopic (exact) mass is 348 g/mol. The maximum absolute atomic E-state index is 14.1. The van der Waals surface area contributed by atoms with Crippen LogP contribution in [0.2, 0.25) is 10.4 Å². The number of alkyl halides is 1. The van der Waals surface area contributed by atoms with Crippen molar-refractivity contribution < 1.29 is 13.9 Å². The number of anilines is 1. The van der Waals surface area contributed by atoms with Gasteiger partial charge in [0.1, 0.15) is 17.5 Å². The molecule has 1 fully saturated rings. The normalized spacial score (nSPS) is 22.9. The number of nitrogens with zero attached hydrogens (tertiary/aromatic N) is 4. The molecule has 2 aromatic heterocycles. The van der Waals surface area contributed by atoms with E-state index in [2.05, 4.69) is 15.0 Å². The Balaban J connectivity index is 2.15. The molecule has 1 saturated heterocycles. The van der Waals surface area contributed by atoms with Crippen molar-refractivity contribution in [3.63, 3.8) is 0 Å². The van der Waals surface area contributed by atoms with Crippen molar-refractivity contribution in [2.45, 2.75) is 25.1 Å². The van der Waals surface area contributed by atoms with Crippen LogP contribution in [0.5, 0.6) is 0 Å². The van der Waals surface area contributed by atoms with Crippen LogP contribution in [0, 0.1) is 5.82 Å². The third-order valence-electron chi connectivity index (χ3n) is 3.56. The van der Waals surface area contributed by atoms with Gasteiger partial charge in [-0.05, 0) is 24.4 Å². The minimum Gasteiger partial charge on any atom is -0.391 e. The van der Waals surface area contributed by atoms with E-state index in [1.54, 1.807) is 0 Å². The SMILES string of the molecule is OC1CCC(F)CN(c2nc(Cl)nc3c(F)c(Cl)ncc23)C1. The summed E-state index contributed by atoms with van der Waals surface area (Å²) in [7, 11) is 0. The second-order valence-electron chi connectivity index (χ2n) is 5.17. The van der Waals surface area contributed by atoms with E-state index in [9.17, 15) is 13.9 Å². The zero-order valence-corrected chi connectivity index (χ0v) is 12.8. The Morgan fingerprint density at radius 2 is 2.00 bits per heavy atom. The largest absolute Gasteiger partial charge is 0.391 e. The fraction of sp³-hybridized carbons (Fsp3) is 0.462. The molecule has 0 spiro atoms. The number of hydrogen-bond donors (Lipinski definition) is 1. The first-order valence-electron chi connectivity index (χ1n) is 6.70. The Hall–Kier alpha value is -1.31. The van der Waals surface area contributed by atoms with Crippen molar-refractivity contribution in [3.8, 4) is 0 Å². The molecule has 3 rings (SSSR count). The molecule has 0 aliphatic carbocycles. The van der Waals surface area contributed by atoms with Gasteiger partial charge in [-0.15, -0.1) is 0 Å². The minimum atomic E-state index is -1.12. The highest BCUT2D eigenvalue weighted by Gasteiger charge is 2.26. The molecule has 9 heteroatoms. The van der Waals surface area contributed by atoms with E-state index in [1.165, 1.54) is 11.1 Å². The number of β-amino-alcohol motifs (C(OH)–C–C–N with tert-alkyl or cyclic N) is 1. The number of pyridine rings is 1. The summed E-state index contributed by atoms with van der Waals surface area (Å²) in [5.74, 6) is -0.571. The molecule has 1 aliphatic rings. The maximum Gasteiger partial charge on any atom is 0.225 e. The Morgan fingerprint density at radius 1 is 1.23 bits per heavy atom. The highest BCUT2D eigenvalue weighted by molar-refractivity contribution is 6.30. The van der Waals surface area contributed by atoms with Gasteiger partial charge < -0.3 is 10.0 Å². The van der Waals surface area contributed by atoms with Gasteiger partial charge >= 0.3 is 0 Å². The molecule has 118 valence electrons. The number of fused-ring (bicyclic) bond motifs is 1. The number of halogens is 4. The molecule has 0 aromatic carbocycles. The smallest absolute Gasteiger partial charge is 0.225 e. The third-order valence-corrected chi connectivity index (χ3v) is 3.99. The van der Waals surface area contributed by atoms with Crippen molar-refractivity contribution in [2.75, 3.05) is 18.0 Å². The van der Waals surface area contributed by atoms with E-state index >= 15 is 0 Å². The van der Waals surface area contributed by atoms with E-state index in [0.29, 0.717) is 6.42 Å². The third kappa shape index (κ3) is 2.93. The lowest BCUT2D eigenvalue weighted by Crippen LogP contribution is -2.34. The average Bonchev–Trinajstić information content (AvgIpc) is 2.64. The Labute approximate surface area is 134 Å². The van der Waals surface area contributed by atoms with Gasteiger partial charge in [-0.25, -0.2) is 18.7 Å². The topological polar surface area (TPSA) is 62.1 Å². The highest BCUT2D eigenvalue weighted by atomic mass is 35.5. The summed E-state index contributed by atoms with van der Waals surface area (Å²) in [5.41, 5.74) is -0.0795. The predicted molar refractivity (Wildman–Crippen MR) is 79.7 cm³/mol. The molecule has 0 amide bonds. The number of aliphatic hydroxyl groups excluding tert-OH is 1. The summed E-state index contributed by atoms with van der Waals surface area (Å²) in [4.78, 5) is 13.2. The number of rotatable bonds is 1. The second kappa shape index (κ2) is 6.06. The quantitative estimate of drug-likeness (QED) is 0.634. The van der Waals surface area contributed by atoms with Gasteiger partial charge in [0.15, 0.2) is 11.0 Å². The average molecular weight is 349 g/mol. The van der Waals surface area contributed by atoms with Crippen LogP contribution in [0.3, 0.4) is 0 Å². The number of aromatic nitrogens is 3. The molecule has 0 bridgehead atoms. The first-order valence-corrected chi connectivity index (χ1v) is 7.45. The van der Waals surface area contributed by atoms with Crippen LogP contribution in [-0.2, 0) is 0 Å². The first kappa shape index (κ1) is 15.6. The van der Waals surface area contributed by atoms with Gasteiger partial charge in [0.25, 0.3) is 0 Å². The van der Waals surface area contributed by atoms with E-state index < -0.39 is 18.1 Å². The molecule has 2 atom stereocenters. The molecule has 2 aromatic rings. The van der Waals surface area contributed by atoms with E-state index in [4.69, 9.17) is 23.2 Å². The zero-order chi connectivity index (χ0) is 15.9.